The number of nitrogens with zero attached hydrogens (tertiary/aromatic N) is 1. The molecule has 1 aromatic heterocycles. The number of carbonyl (C=O) groups excluding carboxylic acids is 2. The molecule has 31 heavy (non-hydrogen) atoms. The van der Waals surface area contributed by atoms with Gasteiger partial charge in [0.2, 0.25) is 5.60 Å². The smallest absolute Gasteiger partial charge is 0.343 e. The lowest BCUT2D eigenvalue weighted by atomic mass is 9.79. The molecule has 0 aliphatic carbocycles. The summed E-state index contributed by atoms with van der Waals surface area (Å²) in [6.45, 7) is 11.7. The number of rotatable bonds is 4. The van der Waals surface area contributed by atoms with Crippen molar-refractivity contribution in [2.24, 2.45) is 5.92 Å². The Kier molecular flexibility index (Phi) is 5.15. The summed E-state index contributed by atoms with van der Waals surface area (Å²) in [5, 5.41) is 11.5. The monoisotopic (exact) mass is 431 g/mol. The van der Waals surface area contributed by atoms with Gasteiger partial charge < -0.3 is 28.6 Å². The van der Waals surface area contributed by atoms with E-state index < -0.39 is 47.8 Å². The van der Waals surface area contributed by atoms with Gasteiger partial charge in [0.05, 0.1) is 25.2 Å². The van der Waals surface area contributed by atoms with Crippen LogP contribution < -0.4 is 0 Å². The van der Waals surface area contributed by atoms with Crippen molar-refractivity contribution in [1.82, 2.24) is 4.90 Å². The molecule has 0 amide bonds. The van der Waals surface area contributed by atoms with Crippen LogP contribution in [-0.4, -0.2) is 73.1 Å². The van der Waals surface area contributed by atoms with Crippen LogP contribution in [0.2, 0.25) is 0 Å². The molecule has 3 aliphatic heterocycles. The average Bonchev–Trinajstić information content (AvgIpc) is 3.17. The summed E-state index contributed by atoms with van der Waals surface area (Å²) in [4.78, 5) is 27.3. The number of fused-ring (bicyclic) bond motifs is 2. The Bertz CT molecular complexity index is 963. The van der Waals surface area contributed by atoms with Crippen LogP contribution in [0.1, 0.15) is 41.6 Å². The van der Waals surface area contributed by atoms with E-state index in [0.717, 1.165) is 5.57 Å². The van der Waals surface area contributed by atoms with Gasteiger partial charge in [-0.3, -0.25) is 0 Å². The van der Waals surface area contributed by atoms with E-state index in [0.29, 0.717) is 17.1 Å². The maximum atomic E-state index is 13.1. The Hall–Kier alpha value is -2.42. The highest BCUT2D eigenvalue weighted by Crippen LogP contribution is 2.55. The van der Waals surface area contributed by atoms with E-state index in [-0.39, 0.29) is 17.9 Å². The molecule has 0 aromatic carbocycles. The second kappa shape index (κ2) is 7.32. The van der Waals surface area contributed by atoms with Gasteiger partial charge in [0.25, 0.3) is 0 Å². The zero-order chi connectivity index (χ0) is 22.8. The van der Waals surface area contributed by atoms with Crippen molar-refractivity contribution in [3.05, 3.63) is 47.5 Å². The number of epoxide rings is 1. The summed E-state index contributed by atoms with van der Waals surface area (Å²) < 4.78 is 22.9. The van der Waals surface area contributed by atoms with Gasteiger partial charge >= 0.3 is 11.9 Å². The maximum absolute atomic E-state index is 13.1. The number of carbonyl (C=O) groups is 2. The van der Waals surface area contributed by atoms with E-state index in [1.807, 2.05) is 6.92 Å². The van der Waals surface area contributed by atoms with Crippen LogP contribution in [0, 0.1) is 5.92 Å². The Morgan fingerprint density at radius 2 is 1.97 bits per heavy atom. The van der Waals surface area contributed by atoms with Gasteiger partial charge in [-0.2, -0.15) is 0 Å². The van der Waals surface area contributed by atoms with Gasteiger partial charge in [0, 0.05) is 12.3 Å². The maximum Gasteiger partial charge on any atom is 0.343 e. The lowest BCUT2D eigenvalue weighted by Crippen LogP contribution is -2.55. The summed E-state index contributed by atoms with van der Waals surface area (Å²) >= 11 is 0. The van der Waals surface area contributed by atoms with Crippen molar-refractivity contribution in [2.75, 3.05) is 21.2 Å². The zero-order valence-electron chi connectivity index (χ0n) is 18.5. The Labute approximate surface area is 181 Å². The highest BCUT2D eigenvalue weighted by atomic mass is 16.7. The van der Waals surface area contributed by atoms with Crippen molar-refractivity contribution >= 4 is 11.9 Å². The van der Waals surface area contributed by atoms with Crippen LogP contribution in [0.3, 0.4) is 0 Å². The van der Waals surface area contributed by atoms with E-state index >= 15 is 0 Å². The van der Waals surface area contributed by atoms with Crippen LogP contribution in [0.25, 0.3) is 0 Å². The third-order valence-electron chi connectivity index (χ3n) is 6.71. The number of hydrogen-bond donors (Lipinski definition) is 1. The fourth-order valence-electron chi connectivity index (χ4n) is 5.22. The summed E-state index contributed by atoms with van der Waals surface area (Å²) in [6.07, 6.45) is -1.95. The van der Waals surface area contributed by atoms with Gasteiger partial charge in [-0.25, -0.2) is 9.59 Å². The first-order valence-corrected chi connectivity index (χ1v) is 10.3. The molecule has 0 unspecified atom stereocenters. The topological polar surface area (TPSA) is 102 Å². The molecule has 4 rings (SSSR count). The molecule has 3 aliphatic rings. The van der Waals surface area contributed by atoms with Crippen molar-refractivity contribution in [1.29, 1.82) is 0 Å². The first-order chi connectivity index (χ1) is 14.5. The van der Waals surface area contributed by atoms with Crippen LogP contribution in [0.4, 0.5) is 0 Å². The Morgan fingerprint density at radius 3 is 2.48 bits per heavy atom. The van der Waals surface area contributed by atoms with E-state index in [9.17, 15) is 14.7 Å². The number of ether oxygens (including phenoxy) is 3. The Balaban J connectivity index is 1.93. The lowest BCUT2D eigenvalue weighted by molar-refractivity contribution is -0.160. The molecule has 0 spiro atoms. The molecule has 1 aromatic rings. The largest absolute Gasteiger partial charge is 0.465 e. The van der Waals surface area contributed by atoms with Crippen LogP contribution in [0.15, 0.2) is 34.8 Å². The molecule has 4 heterocycles. The minimum atomic E-state index is -1.27. The fraction of sp³-hybridized carbons (Fsp3) is 0.565. The number of furan rings is 1. The molecule has 2 fully saturated rings. The molecular formula is C23H29NO7. The van der Waals surface area contributed by atoms with Crippen LogP contribution in [-0.2, 0) is 25.4 Å². The molecule has 8 nitrogen and oxygen atoms in total. The number of likely N-dealkylation sites (N-methyl/N-ethyl adjacent to an activating group) is 1. The Morgan fingerprint density at radius 1 is 1.29 bits per heavy atom. The number of methoxy groups -OCH3 is 1. The molecule has 168 valence electrons. The molecule has 1 N–H and O–H groups in total. The molecule has 7 atom stereocenters. The molecule has 8 heteroatoms. The SMILES string of the molecule is C=C(C)[C@@H]1c2cc(C(=O)OC)c(o2)C[C@@H](C(=C)C)[C@@H]2OC(=O)[C@@]3(O[C@@H]23)[C@H](N(C)C)[C@@H]1O. The first kappa shape index (κ1) is 21.8. The van der Waals surface area contributed by atoms with Crippen LogP contribution in [0.5, 0.6) is 0 Å². The summed E-state index contributed by atoms with van der Waals surface area (Å²) in [5.41, 5.74) is 0.411. The normalized spacial score (nSPS) is 36.3. The van der Waals surface area contributed by atoms with E-state index in [2.05, 4.69) is 13.2 Å². The number of esters is 2. The van der Waals surface area contributed by atoms with Crippen molar-refractivity contribution in [3.8, 4) is 0 Å². The fourth-order valence-corrected chi connectivity index (χ4v) is 5.22. The van der Waals surface area contributed by atoms with Crippen molar-refractivity contribution < 1.29 is 33.3 Å². The summed E-state index contributed by atoms with van der Waals surface area (Å²) in [5.74, 6) is -1.24. The third-order valence-corrected chi connectivity index (χ3v) is 6.71. The quantitative estimate of drug-likeness (QED) is 0.438. The van der Waals surface area contributed by atoms with E-state index in [1.165, 1.54) is 7.11 Å². The van der Waals surface area contributed by atoms with Gasteiger partial charge in [-0.15, -0.1) is 0 Å². The molecule has 2 saturated heterocycles. The van der Waals surface area contributed by atoms with Crippen molar-refractivity contribution in [3.63, 3.8) is 0 Å². The zero-order valence-corrected chi connectivity index (χ0v) is 18.5. The molecular weight excluding hydrogens is 402 g/mol. The number of hydrogen-bond acceptors (Lipinski definition) is 8. The average molecular weight is 431 g/mol. The van der Waals surface area contributed by atoms with E-state index in [4.69, 9.17) is 18.6 Å². The second-order valence-electron chi connectivity index (χ2n) is 9.06. The minimum absolute atomic E-state index is 0.275. The van der Waals surface area contributed by atoms with Crippen molar-refractivity contribution in [2.45, 2.75) is 56.1 Å². The van der Waals surface area contributed by atoms with Gasteiger partial charge in [-0.1, -0.05) is 24.3 Å². The van der Waals surface area contributed by atoms with Gasteiger partial charge in [0.15, 0.2) is 0 Å². The standard InChI is InChI=1S/C23H29NO7/c1-10(2)12-8-14-13(21(26)28-7)9-15(29-14)16(11(3)4)17(25)19(24(5)6)23-20(31-23)18(12)30-22(23)27/h9,12,16-20,25H,1,3,8H2,2,4-7H3/t12-,16+,17+,18-,19+,20-,23+/m0/s1. The lowest BCUT2D eigenvalue weighted by Gasteiger charge is -2.35. The number of aliphatic hydroxyl groups excluding tert-OH is 1. The number of aliphatic hydroxyl groups is 1. The van der Waals surface area contributed by atoms with Gasteiger partial charge in [-0.05, 0) is 34.0 Å². The van der Waals surface area contributed by atoms with Crippen LogP contribution >= 0.6 is 0 Å². The molecule has 0 saturated carbocycles. The molecule has 0 radical (unpaired) electrons. The van der Waals surface area contributed by atoms with Gasteiger partial charge in [0.1, 0.15) is 29.3 Å². The minimum Gasteiger partial charge on any atom is -0.465 e. The third kappa shape index (κ3) is 3.08. The summed E-state index contributed by atoms with van der Waals surface area (Å²) in [6, 6.07) is 0.886. The predicted molar refractivity (Wildman–Crippen MR) is 111 cm³/mol. The second-order valence-corrected chi connectivity index (χ2v) is 9.06. The molecule has 4 bridgehead atoms. The predicted octanol–water partition coefficient (Wildman–Crippen LogP) is 1.83. The summed E-state index contributed by atoms with van der Waals surface area (Å²) in [7, 11) is 4.86. The first-order valence-electron chi connectivity index (χ1n) is 10.3. The van der Waals surface area contributed by atoms with E-state index in [1.54, 1.807) is 32.0 Å². The highest BCUT2D eigenvalue weighted by Gasteiger charge is 2.79. The highest BCUT2D eigenvalue weighted by molar-refractivity contribution is 5.91.